The van der Waals surface area contributed by atoms with E-state index in [9.17, 15) is 8.78 Å². The van der Waals surface area contributed by atoms with E-state index in [0.29, 0.717) is 27.0 Å². The standard InChI is InChI=1S/C14H7BrCl2F2N2/c15-8-2-1-7(3-10(8)18)21-13-4-9(17)11(19)5-12(13)20-14(21)6-16/h1-5H,6H2. The van der Waals surface area contributed by atoms with Crippen LogP contribution in [0.15, 0.2) is 34.8 Å². The van der Waals surface area contributed by atoms with Gasteiger partial charge in [-0.1, -0.05) is 11.6 Å². The van der Waals surface area contributed by atoms with Crippen LogP contribution in [0.3, 0.4) is 0 Å². The number of aromatic nitrogens is 2. The van der Waals surface area contributed by atoms with Crippen molar-refractivity contribution in [3.63, 3.8) is 0 Å². The topological polar surface area (TPSA) is 17.8 Å². The maximum Gasteiger partial charge on any atom is 0.144 e. The fraction of sp³-hybridized carbons (Fsp3) is 0.0714. The molecular formula is C14H7BrCl2F2N2. The minimum atomic E-state index is -0.558. The summed E-state index contributed by atoms with van der Waals surface area (Å²) in [5.41, 5.74) is 1.52. The van der Waals surface area contributed by atoms with Gasteiger partial charge in [0.25, 0.3) is 0 Å². The minimum absolute atomic E-state index is 0.0256. The van der Waals surface area contributed by atoms with Crippen LogP contribution in [0.5, 0.6) is 0 Å². The van der Waals surface area contributed by atoms with Crippen LogP contribution >= 0.6 is 39.1 Å². The van der Waals surface area contributed by atoms with Gasteiger partial charge >= 0.3 is 0 Å². The van der Waals surface area contributed by atoms with Crippen LogP contribution in [-0.4, -0.2) is 9.55 Å². The number of alkyl halides is 1. The molecule has 7 heteroatoms. The third-order valence-corrected chi connectivity index (χ3v) is 4.22. The summed E-state index contributed by atoms with van der Waals surface area (Å²) < 4.78 is 29.3. The molecular weight excluding hydrogens is 385 g/mol. The van der Waals surface area contributed by atoms with Gasteiger partial charge in [-0.05, 0) is 40.2 Å². The Morgan fingerprint density at radius 2 is 1.90 bits per heavy atom. The number of rotatable bonds is 2. The fourth-order valence-electron chi connectivity index (χ4n) is 2.12. The van der Waals surface area contributed by atoms with E-state index >= 15 is 0 Å². The molecule has 0 fully saturated rings. The lowest BCUT2D eigenvalue weighted by atomic mass is 10.2. The number of imidazole rings is 1. The molecule has 3 rings (SSSR count). The van der Waals surface area contributed by atoms with Crippen LogP contribution in [0.2, 0.25) is 5.02 Å². The third-order valence-electron chi connectivity index (χ3n) is 3.05. The Bertz CT molecular complexity index is 849. The summed E-state index contributed by atoms with van der Waals surface area (Å²) in [5, 5.41) is -0.0256. The number of benzene rings is 2. The molecule has 2 aromatic carbocycles. The molecule has 0 saturated heterocycles. The Hall–Kier alpha value is -1.17. The Morgan fingerprint density at radius 3 is 2.57 bits per heavy atom. The van der Waals surface area contributed by atoms with Crippen molar-refractivity contribution in [3.05, 3.63) is 57.3 Å². The SMILES string of the molecule is Fc1cc2nc(CCl)n(-c3ccc(Br)c(F)c3)c2cc1Cl. The zero-order valence-corrected chi connectivity index (χ0v) is 13.5. The molecule has 2 nitrogen and oxygen atoms in total. The lowest BCUT2D eigenvalue weighted by Crippen LogP contribution is -2.00. The predicted octanol–water partition coefficient (Wildman–Crippen LogP) is 5.46. The Labute approximate surface area is 137 Å². The largest absolute Gasteiger partial charge is 0.295 e. The van der Waals surface area contributed by atoms with Crippen molar-refractivity contribution in [2.75, 3.05) is 0 Å². The second-order valence-electron chi connectivity index (χ2n) is 4.35. The van der Waals surface area contributed by atoms with Crippen molar-refractivity contribution < 1.29 is 8.78 Å². The van der Waals surface area contributed by atoms with E-state index in [1.165, 1.54) is 18.2 Å². The van der Waals surface area contributed by atoms with Crippen molar-refractivity contribution in [1.29, 1.82) is 0 Å². The maximum absolute atomic E-state index is 13.8. The molecule has 3 aromatic rings. The van der Waals surface area contributed by atoms with Gasteiger partial charge < -0.3 is 0 Å². The molecule has 21 heavy (non-hydrogen) atoms. The first kappa shape index (κ1) is 14.8. The van der Waals surface area contributed by atoms with Crippen LogP contribution in [0.4, 0.5) is 8.78 Å². The predicted molar refractivity (Wildman–Crippen MR) is 83.3 cm³/mol. The Morgan fingerprint density at radius 1 is 1.14 bits per heavy atom. The third kappa shape index (κ3) is 2.54. The van der Waals surface area contributed by atoms with Crippen LogP contribution in [-0.2, 0) is 5.88 Å². The van der Waals surface area contributed by atoms with Crippen molar-refractivity contribution in [3.8, 4) is 5.69 Å². The van der Waals surface area contributed by atoms with E-state index in [2.05, 4.69) is 20.9 Å². The molecule has 0 amide bonds. The summed E-state index contributed by atoms with van der Waals surface area (Å²) >= 11 is 14.8. The van der Waals surface area contributed by atoms with Crippen molar-refractivity contribution in [2.24, 2.45) is 0 Å². The zero-order chi connectivity index (χ0) is 15.1. The first-order valence-corrected chi connectivity index (χ1v) is 7.59. The maximum atomic E-state index is 13.8. The van der Waals surface area contributed by atoms with Crippen molar-refractivity contribution in [1.82, 2.24) is 9.55 Å². The molecule has 0 aliphatic carbocycles. The molecule has 0 N–H and O–H groups in total. The lowest BCUT2D eigenvalue weighted by Gasteiger charge is -2.09. The first-order chi connectivity index (χ1) is 10.0. The molecule has 0 spiro atoms. The summed E-state index contributed by atoms with van der Waals surface area (Å²) in [5.74, 6) is -0.388. The van der Waals surface area contributed by atoms with Crippen molar-refractivity contribution in [2.45, 2.75) is 5.88 Å². The molecule has 0 bridgehead atoms. The van der Waals surface area contributed by atoms with Gasteiger partial charge in [-0.3, -0.25) is 4.57 Å². The van der Waals surface area contributed by atoms with Gasteiger partial charge in [-0.2, -0.15) is 0 Å². The Kier molecular flexibility index (Phi) is 3.90. The molecule has 0 radical (unpaired) electrons. The number of hydrogen-bond acceptors (Lipinski definition) is 1. The summed E-state index contributed by atoms with van der Waals surface area (Å²) in [6, 6.07) is 7.33. The van der Waals surface area contributed by atoms with Gasteiger partial charge in [0.15, 0.2) is 0 Å². The van der Waals surface area contributed by atoms with E-state index in [1.54, 1.807) is 16.7 Å². The summed E-state index contributed by atoms with van der Waals surface area (Å²) in [6.07, 6.45) is 0. The fourth-order valence-corrected chi connectivity index (χ4v) is 2.71. The monoisotopic (exact) mass is 390 g/mol. The van der Waals surface area contributed by atoms with E-state index < -0.39 is 11.6 Å². The van der Waals surface area contributed by atoms with E-state index in [-0.39, 0.29) is 10.9 Å². The summed E-state index contributed by atoms with van der Waals surface area (Å²) in [4.78, 5) is 4.26. The molecule has 0 saturated carbocycles. The van der Waals surface area contributed by atoms with E-state index in [1.807, 2.05) is 0 Å². The minimum Gasteiger partial charge on any atom is -0.295 e. The average molecular weight is 392 g/mol. The number of fused-ring (bicyclic) bond motifs is 1. The van der Waals surface area contributed by atoms with Gasteiger partial charge in [0.05, 0.1) is 32.1 Å². The number of halogens is 5. The van der Waals surface area contributed by atoms with Crippen LogP contribution in [0.25, 0.3) is 16.7 Å². The average Bonchev–Trinajstić information content (AvgIpc) is 2.80. The van der Waals surface area contributed by atoms with Crippen LogP contribution in [0, 0.1) is 11.6 Å². The van der Waals surface area contributed by atoms with Gasteiger partial charge in [0, 0.05) is 6.07 Å². The molecule has 1 aromatic heterocycles. The summed E-state index contributed by atoms with van der Waals surface area (Å²) in [7, 11) is 0. The van der Waals surface area contributed by atoms with Crippen LogP contribution < -0.4 is 0 Å². The Balaban J connectivity index is 2.34. The molecule has 0 aliphatic heterocycles. The molecule has 108 valence electrons. The second-order valence-corrected chi connectivity index (χ2v) is 5.88. The lowest BCUT2D eigenvalue weighted by molar-refractivity contribution is 0.620. The van der Waals surface area contributed by atoms with Crippen LogP contribution in [0.1, 0.15) is 5.82 Å². The quantitative estimate of drug-likeness (QED) is 0.530. The molecule has 0 unspecified atom stereocenters. The van der Waals surface area contributed by atoms with Gasteiger partial charge in [-0.15, -0.1) is 11.6 Å². The normalized spacial score (nSPS) is 11.3. The highest BCUT2D eigenvalue weighted by atomic mass is 79.9. The molecule has 1 heterocycles. The van der Waals surface area contributed by atoms with Gasteiger partial charge in [0.2, 0.25) is 0 Å². The molecule has 0 atom stereocenters. The second kappa shape index (κ2) is 5.55. The highest BCUT2D eigenvalue weighted by Crippen LogP contribution is 2.28. The summed E-state index contributed by atoms with van der Waals surface area (Å²) in [6.45, 7) is 0. The van der Waals surface area contributed by atoms with E-state index in [4.69, 9.17) is 23.2 Å². The number of nitrogens with zero attached hydrogens (tertiary/aromatic N) is 2. The highest BCUT2D eigenvalue weighted by Gasteiger charge is 2.15. The van der Waals surface area contributed by atoms with Crippen molar-refractivity contribution >= 4 is 50.2 Å². The number of hydrogen-bond donors (Lipinski definition) is 0. The van der Waals surface area contributed by atoms with Gasteiger partial charge in [0.1, 0.15) is 17.5 Å². The zero-order valence-electron chi connectivity index (χ0n) is 10.4. The first-order valence-electron chi connectivity index (χ1n) is 5.89. The highest BCUT2D eigenvalue weighted by molar-refractivity contribution is 9.10. The molecule has 0 aliphatic rings. The van der Waals surface area contributed by atoms with Gasteiger partial charge in [-0.25, -0.2) is 13.8 Å². The smallest absolute Gasteiger partial charge is 0.144 e. The van der Waals surface area contributed by atoms with E-state index in [0.717, 1.165) is 0 Å².